The smallest absolute Gasteiger partial charge is 0.240 e. The van der Waals surface area contributed by atoms with Crippen molar-refractivity contribution in [3.63, 3.8) is 0 Å². The van der Waals surface area contributed by atoms with Gasteiger partial charge in [-0.2, -0.15) is 0 Å². The Morgan fingerprint density at radius 3 is 2.75 bits per heavy atom. The lowest BCUT2D eigenvalue weighted by molar-refractivity contribution is -0.122. The summed E-state index contributed by atoms with van der Waals surface area (Å²) in [5, 5.41) is 13.6. The molecule has 2 aromatic carbocycles. The average molecular weight is 473 g/mol. The van der Waals surface area contributed by atoms with Crippen molar-refractivity contribution in [3.05, 3.63) is 65.1 Å². The predicted molar refractivity (Wildman–Crippen MR) is 129 cm³/mol. The van der Waals surface area contributed by atoms with Gasteiger partial charge in [-0.25, -0.2) is 4.39 Å². The van der Waals surface area contributed by atoms with Gasteiger partial charge >= 0.3 is 0 Å². The molecule has 1 aromatic heterocycles. The molecule has 4 rings (SSSR count). The first-order chi connectivity index (χ1) is 15.3. The van der Waals surface area contributed by atoms with E-state index in [2.05, 4.69) is 11.9 Å². The molecule has 1 fully saturated rings. The number of hydrogen-bond acceptors (Lipinski definition) is 3. The summed E-state index contributed by atoms with van der Waals surface area (Å²) >= 11 is 7.55. The maximum Gasteiger partial charge on any atom is 0.240 e. The fourth-order valence-electron chi connectivity index (χ4n) is 4.32. The maximum absolute atomic E-state index is 15.1. The standard InChI is InChI=1S/C25H26ClFN2O2S/c1-15-25(32-19-10-6-7-17(13-19)16(2)30)20-11-12-21(26)23(27)24(20)29(15)14-22(31)28-18-8-4-3-5-9-18/h6-7,10-13,18,30H,2-5,8-9,14H2,1H3,(H,28,31). The molecule has 2 N–H and O–H groups in total. The van der Waals surface area contributed by atoms with Crippen molar-refractivity contribution in [2.45, 2.75) is 61.4 Å². The zero-order valence-electron chi connectivity index (χ0n) is 18.0. The van der Waals surface area contributed by atoms with Crippen LogP contribution in [0.1, 0.15) is 43.4 Å². The van der Waals surface area contributed by atoms with Gasteiger partial charge in [-0.1, -0.05) is 61.3 Å². The van der Waals surface area contributed by atoms with Crippen LogP contribution in [0.2, 0.25) is 5.02 Å². The Labute approximate surface area is 196 Å². The number of hydrogen-bond donors (Lipinski definition) is 2. The highest BCUT2D eigenvalue weighted by Crippen LogP contribution is 2.41. The van der Waals surface area contributed by atoms with Crippen molar-refractivity contribution in [1.29, 1.82) is 0 Å². The Hall–Kier alpha value is -2.44. The van der Waals surface area contributed by atoms with Crippen LogP contribution in [0, 0.1) is 12.7 Å². The van der Waals surface area contributed by atoms with Gasteiger partial charge in [-0.3, -0.25) is 4.79 Å². The summed E-state index contributed by atoms with van der Waals surface area (Å²) in [4.78, 5) is 14.6. The van der Waals surface area contributed by atoms with E-state index in [1.807, 2.05) is 25.1 Å². The molecular weight excluding hydrogens is 447 g/mol. The van der Waals surface area contributed by atoms with E-state index < -0.39 is 5.82 Å². The van der Waals surface area contributed by atoms with Crippen molar-refractivity contribution in [1.82, 2.24) is 9.88 Å². The molecule has 7 heteroatoms. The summed E-state index contributed by atoms with van der Waals surface area (Å²) in [6.45, 7) is 5.50. The minimum absolute atomic E-state index is 0.0104. The largest absolute Gasteiger partial charge is 0.508 e. The highest BCUT2D eigenvalue weighted by molar-refractivity contribution is 7.99. The van der Waals surface area contributed by atoms with Gasteiger partial charge in [0, 0.05) is 32.5 Å². The molecule has 0 saturated heterocycles. The summed E-state index contributed by atoms with van der Waals surface area (Å²) in [5.41, 5.74) is 1.75. The van der Waals surface area contributed by atoms with Crippen LogP contribution >= 0.6 is 23.4 Å². The Kier molecular flexibility index (Phi) is 6.82. The first-order valence-corrected chi connectivity index (χ1v) is 12.0. The highest BCUT2D eigenvalue weighted by Gasteiger charge is 2.23. The number of aliphatic hydroxyl groups is 1. The zero-order chi connectivity index (χ0) is 22.8. The monoisotopic (exact) mass is 472 g/mol. The van der Waals surface area contributed by atoms with Gasteiger partial charge in [0.05, 0.1) is 10.5 Å². The van der Waals surface area contributed by atoms with Crippen LogP contribution in [0.3, 0.4) is 0 Å². The van der Waals surface area contributed by atoms with Gasteiger partial charge < -0.3 is 15.0 Å². The number of aliphatic hydroxyl groups excluding tert-OH is 1. The summed E-state index contributed by atoms with van der Waals surface area (Å²) in [5.74, 6) is -0.655. The first kappa shape index (κ1) is 22.7. The normalized spacial score (nSPS) is 14.6. The summed E-state index contributed by atoms with van der Waals surface area (Å²) < 4.78 is 16.8. The van der Waals surface area contributed by atoms with Crippen LogP contribution in [0.4, 0.5) is 4.39 Å². The molecule has 0 unspecified atom stereocenters. The summed E-state index contributed by atoms with van der Waals surface area (Å²) in [7, 11) is 0. The van der Waals surface area contributed by atoms with E-state index in [-0.39, 0.29) is 29.3 Å². The number of carbonyl (C=O) groups excluding carboxylic acids is 1. The molecular formula is C25H26ClFN2O2S. The molecule has 1 heterocycles. The van der Waals surface area contributed by atoms with Gasteiger partial charge in [-0.15, -0.1) is 0 Å². The van der Waals surface area contributed by atoms with Gasteiger partial charge in [0.2, 0.25) is 5.91 Å². The van der Waals surface area contributed by atoms with E-state index in [1.54, 1.807) is 22.8 Å². The third-order valence-electron chi connectivity index (χ3n) is 5.98. The molecule has 0 atom stereocenters. The third kappa shape index (κ3) is 4.66. The SMILES string of the molecule is C=C(O)c1cccc(Sc2c(C)n(CC(=O)NC3CCCCC3)c3c(F)c(Cl)ccc23)c1. The second-order valence-electron chi connectivity index (χ2n) is 8.24. The fraction of sp³-hybridized carbons (Fsp3) is 0.320. The number of fused-ring (bicyclic) bond motifs is 1. The van der Waals surface area contributed by atoms with Crippen molar-refractivity contribution >= 4 is 45.9 Å². The second-order valence-corrected chi connectivity index (χ2v) is 9.73. The molecule has 32 heavy (non-hydrogen) atoms. The zero-order valence-corrected chi connectivity index (χ0v) is 19.5. The predicted octanol–water partition coefficient (Wildman–Crippen LogP) is 6.87. The van der Waals surface area contributed by atoms with Gasteiger partial charge in [0.15, 0.2) is 5.82 Å². The number of nitrogens with zero attached hydrogens (tertiary/aromatic N) is 1. The molecule has 1 aliphatic carbocycles. The van der Waals surface area contributed by atoms with Crippen LogP contribution in [0.25, 0.3) is 16.7 Å². The third-order valence-corrected chi connectivity index (χ3v) is 7.48. The quantitative estimate of drug-likeness (QED) is 0.385. The van der Waals surface area contributed by atoms with Crippen LogP contribution in [-0.2, 0) is 11.3 Å². The van der Waals surface area contributed by atoms with Crippen LogP contribution in [0.5, 0.6) is 0 Å². The molecule has 4 nitrogen and oxygen atoms in total. The lowest BCUT2D eigenvalue weighted by Crippen LogP contribution is -2.38. The van der Waals surface area contributed by atoms with Gasteiger partial charge in [-0.05, 0) is 44.0 Å². The van der Waals surface area contributed by atoms with E-state index >= 15 is 4.39 Å². The topological polar surface area (TPSA) is 54.3 Å². The Morgan fingerprint density at radius 1 is 1.28 bits per heavy atom. The van der Waals surface area contributed by atoms with Crippen molar-refractivity contribution in [3.8, 4) is 0 Å². The minimum Gasteiger partial charge on any atom is -0.508 e. The van der Waals surface area contributed by atoms with E-state index in [0.717, 1.165) is 41.2 Å². The first-order valence-electron chi connectivity index (χ1n) is 10.8. The fourth-order valence-corrected chi connectivity index (χ4v) is 5.57. The Morgan fingerprint density at radius 2 is 2.03 bits per heavy atom. The van der Waals surface area contributed by atoms with Crippen molar-refractivity contribution < 1.29 is 14.3 Å². The van der Waals surface area contributed by atoms with Crippen LogP contribution < -0.4 is 5.32 Å². The van der Waals surface area contributed by atoms with E-state index in [0.29, 0.717) is 16.5 Å². The number of carbonyl (C=O) groups is 1. The summed E-state index contributed by atoms with van der Waals surface area (Å²) in [6.07, 6.45) is 5.44. The number of halogens is 2. The Bertz CT molecular complexity index is 1180. The van der Waals surface area contributed by atoms with Crippen LogP contribution in [0.15, 0.2) is 52.8 Å². The molecule has 0 spiro atoms. The lowest BCUT2D eigenvalue weighted by Gasteiger charge is -2.23. The number of benzene rings is 2. The Balaban J connectivity index is 1.70. The molecule has 0 radical (unpaired) electrons. The lowest BCUT2D eigenvalue weighted by atomic mass is 9.95. The molecule has 0 bridgehead atoms. The minimum atomic E-state index is -0.526. The van der Waals surface area contributed by atoms with Crippen molar-refractivity contribution in [2.75, 3.05) is 0 Å². The molecule has 3 aromatic rings. The molecule has 1 aliphatic rings. The van der Waals surface area contributed by atoms with Crippen LogP contribution in [-0.4, -0.2) is 21.6 Å². The number of aromatic nitrogens is 1. The molecule has 168 valence electrons. The van der Waals surface area contributed by atoms with Gasteiger partial charge in [0.25, 0.3) is 0 Å². The van der Waals surface area contributed by atoms with E-state index in [9.17, 15) is 9.90 Å². The van der Waals surface area contributed by atoms with E-state index in [1.165, 1.54) is 18.2 Å². The number of rotatable bonds is 6. The van der Waals surface area contributed by atoms with Crippen molar-refractivity contribution in [2.24, 2.45) is 0 Å². The molecule has 1 saturated carbocycles. The number of nitrogens with one attached hydrogen (secondary N) is 1. The average Bonchev–Trinajstić information content (AvgIpc) is 3.03. The van der Waals surface area contributed by atoms with E-state index in [4.69, 9.17) is 11.6 Å². The molecule has 1 amide bonds. The summed E-state index contributed by atoms with van der Waals surface area (Å²) in [6, 6.07) is 10.9. The van der Waals surface area contributed by atoms with Gasteiger partial charge in [0.1, 0.15) is 12.3 Å². The number of amides is 1. The molecule has 0 aliphatic heterocycles. The highest BCUT2D eigenvalue weighted by atomic mass is 35.5. The second kappa shape index (κ2) is 9.59. The maximum atomic E-state index is 15.1.